The summed E-state index contributed by atoms with van der Waals surface area (Å²) in [6.07, 6.45) is 0.643. The van der Waals surface area contributed by atoms with Gasteiger partial charge in [-0.3, -0.25) is 9.78 Å². The molecule has 4 rings (SSSR count). The van der Waals surface area contributed by atoms with Crippen LogP contribution in [0.5, 0.6) is 0 Å². The molecule has 1 N–H and O–H groups in total. The molecule has 1 aliphatic heterocycles. The number of nitrogens with one attached hydrogen (secondary N) is 1. The van der Waals surface area contributed by atoms with E-state index in [4.69, 9.17) is 16.3 Å². The van der Waals surface area contributed by atoms with Crippen molar-refractivity contribution in [2.45, 2.75) is 32.5 Å². The van der Waals surface area contributed by atoms with Gasteiger partial charge in [-0.25, -0.2) is 9.36 Å². The Morgan fingerprint density at radius 1 is 1.25 bits per heavy atom. The highest BCUT2D eigenvalue weighted by Gasteiger charge is 2.31. The molecule has 0 unspecified atom stereocenters. The number of hydrogen-bond donors (Lipinski definition) is 1. The lowest BCUT2D eigenvalue weighted by Crippen LogP contribution is -2.35. The van der Waals surface area contributed by atoms with Gasteiger partial charge < -0.3 is 4.74 Å². The number of fused-ring (bicyclic) bond motifs is 3. The molecule has 0 radical (unpaired) electrons. The average molecular weight is 363 g/mol. The summed E-state index contributed by atoms with van der Waals surface area (Å²) in [7, 11) is 0. The molecular weight excluding hydrogens is 348 g/mol. The summed E-state index contributed by atoms with van der Waals surface area (Å²) in [5.41, 5.74) is 0.406. The van der Waals surface area contributed by atoms with Gasteiger partial charge in [-0.2, -0.15) is 0 Å². The smallest absolute Gasteiger partial charge is 0.334 e. The number of rotatable bonds is 1. The van der Waals surface area contributed by atoms with E-state index in [9.17, 15) is 9.59 Å². The van der Waals surface area contributed by atoms with Crippen LogP contribution in [0.15, 0.2) is 33.9 Å². The van der Waals surface area contributed by atoms with Crippen molar-refractivity contribution in [3.05, 3.63) is 60.6 Å². The summed E-state index contributed by atoms with van der Waals surface area (Å²) >= 11 is 7.32. The highest BCUT2D eigenvalue weighted by atomic mass is 35.5. The van der Waals surface area contributed by atoms with Crippen LogP contribution in [0.2, 0.25) is 5.02 Å². The predicted molar refractivity (Wildman–Crippen MR) is 95.6 cm³/mol. The molecule has 2 aromatic heterocycles. The predicted octanol–water partition coefficient (Wildman–Crippen LogP) is 3.25. The summed E-state index contributed by atoms with van der Waals surface area (Å²) in [6.45, 7) is 4.47. The van der Waals surface area contributed by atoms with Crippen LogP contribution in [-0.2, 0) is 17.8 Å². The Labute approximate surface area is 146 Å². The van der Waals surface area contributed by atoms with E-state index >= 15 is 0 Å². The zero-order valence-electron chi connectivity index (χ0n) is 13.2. The minimum absolute atomic E-state index is 0.300. The Balaban J connectivity index is 2.02. The molecule has 1 aliphatic rings. The number of ether oxygens (including phenoxy) is 1. The lowest BCUT2D eigenvalue weighted by molar-refractivity contribution is -0.0379. The largest absolute Gasteiger partial charge is 0.370 e. The van der Waals surface area contributed by atoms with Crippen LogP contribution in [0.1, 0.15) is 24.3 Å². The van der Waals surface area contributed by atoms with Crippen LogP contribution in [-0.4, -0.2) is 15.2 Å². The number of nitrogens with zero attached hydrogens (tertiary/aromatic N) is 1. The van der Waals surface area contributed by atoms with Crippen molar-refractivity contribution in [3.63, 3.8) is 0 Å². The molecule has 0 saturated carbocycles. The molecule has 0 spiro atoms. The molecule has 0 atom stereocenters. The van der Waals surface area contributed by atoms with E-state index in [0.29, 0.717) is 34.0 Å². The highest BCUT2D eigenvalue weighted by molar-refractivity contribution is 7.18. The van der Waals surface area contributed by atoms with Crippen molar-refractivity contribution in [3.8, 4) is 5.69 Å². The maximum Gasteiger partial charge on any atom is 0.334 e. The normalized spacial score (nSPS) is 16.3. The van der Waals surface area contributed by atoms with Gasteiger partial charge in [0, 0.05) is 16.3 Å². The summed E-state index contributed by atoms with van der Waals surface area (Å²) in [5, 5.41) is 1.14. The van der Waals surface area contributed by atoms with Crippen LogP contribution >= 0.6 is 22.9 Å². The average Bonchev–Trinajstić information content (AvgIpc) is 2.85. The van der Waals surface area contributed by atoms with Gasteiger partial charge in [0.1, 0.15) is 4.83 Å². The Hall–Kier alpha value is -1.89. The van der Waals surface area contributed by atoms with Crippen LogP contribution in [0.25, 0.3) is 15.9 Å². The molecule has 5 nitrogen and oxygen atoms in total. The molecule has 3 aromatic rings. The summed E-state index contributed by atoms with van der Waals surface area (Å²) in [4.78, 5) is 29.9. The molecule has 0 amide bonds. The fourth-order valence-corrected chi connectivity index (χ4v) is 4.29. The van der Waals surface area contributed by atoms with Gasteiger partial charge in [-0.05, 0) is 43.7 Å². The van der Waals surface area contributed by atoms with Crippen LogP contribution in [0, 0.1) is 0 Å². The minimum Gasteiger partial charge on any atom is -0.370 e. The Morgan fingerprint density at radius 3 is 2.67 bits per heavy atom. The van der Waals surface area contributed by atoms with Crippen LogP contribution < -0.4 is 11.2 Å². The van der Waals surface area contributed by atoms with Gasteiger partial charge >= 0.3 is 5.69 Å². The number of halogens is 1. The maximum absolute atomic E-state index is 13.1. The molecule has 0 saturated heterocycles. The third-order valence-electron chi connectivity index (χ3n) is 4.21. The van der Waals surface area contributed by atoms with Crippen molar-refractivity contribution >= 4 is 33.2 Å². The SMILES string of the molecule is CC1(C)Cc2c(sc3[nH]c(=O)n(-c4ccc(Cl)cc4)c(=O)c23)CO1. The van der Waals surface area contributed by atoms with Gasteiger partial charge in [0.15, 0.2) is 0 Å². The van der Waals surface area contributed by atoms with Crippen LogP contribution in [0.4, 0.5) is 0 Å². The van der Waals surface area contributed by atoms with Crippen molar-refractivity contribution in [1.29, 1.82) is 0 Å². The maximum atomic E-state index is 13.1. The zero-order valence-corrected chi connectivity index (χ0v) is 14.8. The number of thiophene rings is 1. The van der Waals surface area contributed by atoms with E-state index < -0.39 is 5.69 Å². The molecule has 1 aromatic carbocycles. The van der Waals surface area contributed by atoms with Crippen molar-refractivity contribution in [1.82, 2.24) is 9.55 Å². The number of aromatic nitrogens is 2. The monoisotopic (exact) mass is 362 g/mol. The third kappa shape index (κ3) is 2.42. The number of aromatic amines is 1. The first kappa shape index (κ1) is 15.6. The van der Waals surface area contributed by atoms with Gasteiger partial charge in [-0.15, -0.1) is 11.3 Å². The fourth-order valence-electron chi connectivity index (χ4n) is 3.05. The highest BCUT2D eigenvalue weighted by Crippen LogP contribution is 2.36. The van der Waals surface area contributed by atoms with E-state index in [1.165, 1.54) is 11.3 Å². The molecule has 0 aliphatic carbocycles. The van der Waals surface area contributed by atoms with Crippen molar-refractivity contribution in [2.75, 3.05) is 0 Å². The second kappa shape index (κ2) is 5.31. The Morgan fingerprint density at radius 2 is 1.96 bits per heavy atom. The molecular formula is C17H15ClN2O3S. The Kier molecular flexibility index (Phi) is 3.46. The molecule has 24 heavy (non-hydrogen) atoms. The van der Waals surface area contributed by atoms with E-state index in [1.54, 1.807) is 24.3 Å². The topological polar surface area (TPSA) is 64.1 Å². The van der Waals surface area contributed by atoms with Gasteiger partial charge in [0.2, 0.25) is 0 Å². The van der Waals surface area contributed by atoms with Crippen molar-refractivity contribution in [2.24, 2.45) is 0 Å². The second-order valence-corrected chi connectivity index (χ2v) is 8.02. The molecule has 0 fully saturated rings. The standard InChI is InChI=1S/C17H15ClN2O3S/c1-17(2)7-11-12(8-23-17)24-14-13(11)15(21)20(16(22)19-14)10-5-3-9(18)4-6-10/h3-6H,7-8H2,1-2H3,(H,19,22). The van der Waals surface area contributed by atoms with Gasteiger partial charge in [0.25, 0.3) is 5.56 Å². The first-order chi connectivity index (χ1) is 11.4. The molecule has 3 heterocycles. The number of H-pyrrole nitrogens is 1. The summed E-state index contributed by atoms with van der Waals surface area (Å²) < 4.78 is 6.98. The van der Waals surface area contributed by atoms with Crippen LogP contribution in [0.3, 0.4) is 0 Å². The Bertz CT molecular complexity index is 1060. The third-order valence-corrected chi connectivity index (χ3v) is 5.59. The quantitative estimate of drug-likeness (QED) is 0.722. The lowest BCUT2D eigenvalue weighted by atomic mass is 9.94. The number of hydrogen-bond acceptors (Lipinski definition) is 4. The first-order valence-electron chi connectivity index (χ1n) is 7.55. The van der Waals surface area contributed by atoms with Crippen molar-refractivity contribution < 1.29 is 4.74 Å². The van der Waals surface area contributed by atoms with E-state index in [2.05, 4.69) is 4.98 Å². The summed E-state index contributed by atoms with van der Waals surface area (Å²) in [5.74, 6) is 0. The number of benzene rings is 1. The lowest BCUT2D eigenvalue weighted by Gasteiger charge is -2.29. The first-order valence-corrected chi connectivity index (χ1v) is 8.75. The second-order valence-electron chi connectivity index (χ2n) is 6.48. The van der Waals surface area contributed by atoms with Gasteiger partial charge in [-0.1, -0.05) is 11.6 Å². The summed E-state index contributed by atoms with van der Waals surface area (Å²) in [6, 6.07) is 6.65. The molecule has 124 valence electrons. The van der Waals surface area contributed by atoms with E-state index in [1.807, 2.05) is 13.8 Å². The van der Waals surface area contributed by atoms with Gasteiger partial charge in [0.05, 0.1) is 23.3 Å². The minimum atomic E-state index is -0.450. The van der Waals surface area contributed by atoms with E-state index in [0.717, 1.165) is 15.0 Å². The molecule has 7 heteroatoms. The van der Waals surface area contributed by atoms with E-state index in [-0.39, 0.29) is 11.2 Å². The zero-order chi connectivity index (χ0) is 17.1. The fraction of sp³-hybridized carbons (Fsp3) is 0.294. The molecule has 0 bridgehead atoms.